The number of hydrogen-bond acceptors (Lipinski definition) is 0. The van der Waals surface area contributed by atoms with Crippen molar-refractivity contribution in [2.24, 2.45) is 0 Å². The van der Waals surface area contributed by atoms with Crippen LogP contribution in [0.25, 0.3) is 0 Å². The Hall–Kier alpha value is 1.28. The van der Waals surface area contributed by atoms with E-state index in [2.05, 4.69) is 6.07 Å². The Balaban J connectivity index is -0.000000120. The summed E-state index contributed by atoms with van der Waals surface area (Å²) >= 11 is 0. The molecule has 9 heavy (non-hydrogen) atoms. The normalized spacial score (nSPS) is 5.33. The Morgan fingerprint density at radius 2 is 1.11 bits per heavy atom. The van der Waals surface area contributed by atoms with Gasteiger partial charge < -0.3 is 0 Å². The average molecular weight is 629 g/mol. The predicted molar refractivity (Wildman–Crippen MR) is 25.3 cm³/mol. The molecular weight excluding hydrogens is 624 g/mol. The summed E-state index contributed by atoms with van der Waals surface area (Å²) in [4.78, 5) is 0. The maximum absolute atomic E-state index is 2.89. The van der Waals surface area contributed by atoms with Gasteiger partial charge in [0, 0.05) is 63.2 Å². The molecule has 0 aliphatic carbocycles. The van der Waals surface area contributed by atoms with Crippen LogP contribution in [0, 0.1) is 6.07 Å². The Labute approximate surface area is 98.6 Å². The minimum Gasteiger partial charge on any atom is -0.184 e. The third kappa shape index (κ3) is 9.28. The molecule has 0 saturated carbocycles. The quantitative estimate of drug-likeness (QED) is 0.383. The van der Waals surface area contributed by atoms with Gasteiger partial charge in [0.25, 0.3) is 0 Å². The molecule has 0 aromatic heterocycles. The van der Waals surface area contributed by atoms with Crippen LogP contribution in [0.2, 0.25) is 0 Å². The number of benzene rings is 1. The molecule has 1 aromatic carbocycles. The fraction of sp³-hybridized carbons (Fsp3) is 0. The van der Waals surface area contributed by atoms with Crippen molar-refractivity contribution >= 4 is 0 Å². The number of hydrogen-bond donors (Lipinski definition) is 0. The van der Waals surface area contributed by atoms with Gasteiger partial charge in [-0.3, -0.25) is 0 Å². The Kier molecular flexibility index (Phi) is 22.3. The van der Waals surface area contributed by atoms with Crippen LogP contribution < -0.4 is 0 Å². The monoisotopic (exact) mass is 629 g/mol. The summed E-state index contributed by atoms with van der Waals surface area (Å²) in [6, 6.07) is 12.5. The summed E-state index contributed by atoms with van der Waals surface area (Å²) in [5.41, 5.74) is 0. The topological polar surface area (TPSA) is 0 Å². The molecule has 0 aliphatic rings. The first-order valence-electron chi connectivity index (χ1n) is 1.91. The van der Waals surface area contributed by atoms with Gasteiger partial charge in [-0.05, 0) is 0 Å². The van der Waals surface area contributed by atoms with Crippen LogP contribution in [0.5, 0.6) is 0 Å². The molecule has 0 atom stereocenters. The number of rotatable bonds is 0. The second kappa shape index (κ2) is 12.0. The van der Waals surface area contributed by atoms with Gasteiger partial charge in [0.1, 0.15) is 0 Å². The van der Waals surface area contributed by atoms with Gasteiger partial charge in [-0.15, -0.1) is 0 Å². The first kappa shape index (κ1) is 16.7. The molecule has 0 N–H and O–H groups in total. The first-order valence-corrected chi connectivity index (χ1v) is 1.91. The summed E-state index contributed by atoms with van der Waals surface area (Å²) in [6.07, 6.45) is 0. The van der Waals surface area contributed by atoms with Crippen molar-refractivity contribution in [3.8, 4) is 0 Å². The van der Waals surface area contributed by atoms with E-state index in [1.807, 2.05) is 30.3 Å². The second-order valence-corrected chi connectivity index (χ2v) is 1.08. The first-order chi connectivity index (χ1) is 3.00. The Morgan fingerprint density at radius 1 is 0.667 bits per heavy atom. The minimum atomic E-state index is 0. The summed E-state index contributed by atoms with van der Waals surface area (Å²) in [5.74, 6) is 0. The van der Waals surface area contributed by atoms with E-state index < -0.39 is 0 Å². The SMILES string of the molecule is [W].[W].[W].[c-]1ccccc1. The van der Waals surface area contributed by atoms with E-state index in [4.69, 9.17) is 0 Å². The van der Waals surface area contributed by atoms with Crippen LogP contribution in [0.1, 0.15) is 0 Å². The summed E-state index contributed by atoms with van der Waals surface area (Å²) < 4.78 is 0. The van der Waals surface area contributed by atoms with Crippen molar-refractivity contribution in [2.45, 2.75) is 0 Å². The third-order valence-electron chi connectivity index (χ3n) is 0.607. The van der Waals surface area contributed by atoms with Crippen LogP contribution in [0.4, 0.5) is 0 Å². The fourth-order valence-electron chi connectivity index (χ4n) is 0.342. The van der Waals surface area contributed by atoms with Crippen molar-refractivity contribution in [3.05, 3.63) is 36.4 Å². The largest absolute Gasteiger partial charge is 0.184 e. The Bertz CT molecular complexity index is 80.2. The van der Waals surface area contributed by atoms with Gasteiger partial charge >= 0.3 is 0 Å². The molecule has 48 valence electrons. The van der Waals surface area contributed by atoms with Crippen LogP contribution in [0.15, 0.2) is 30.3 Å². The van der Waals surface area contributed by atoms with Crippen molar-refractivity contribution in [1.29, 1.82) is 0 Å². The van der Waals surface area contributed by atoms with E-state index >= 15 is 0 Å². The molecule has 0 saturated heterocycles. The van der Waals surface area contributed by atoms with Gasteiger partial charge in [-0.2, -0.15) is 36.4 Å². The summed E-state index contributed by atoms with van der Waals surface area (Å²) in [6.45, 7) is 0. The van der Waals surface area contributed by atoms with Crippen molar-refractivity contribution < 1.29 is 63.2 Å². The zero-order valence-electron chi connectivity index (χ0n) is 4.61. The predicted octanol–water partition coefficient (Wildman–Crippen LogP) is 1.48. The van der Waals surface area contributed by atoms with E-state index in [1.54, 1.807) is 0 Å². The van der Waals surface area contributed by atoms with E-state index in [0.29, 0.717) is 0 Å². The Morgan fingerprint density at radius 3 is 1.22 bits per heavy atom. The summed E-state index contributed by atoms with van der Waals surface area (Å²) in [5, 5.41) is 0. The fourth-order valence-corrected chi connectivity index (χ4v) is 0.342. The van der Waals surface area contributed by atoms with Crippen LogP contribution in [-0.4, -0.2) is 0 Å². The van der Waals surface area contributed by atoms with Crippen molar-refractivity contribution in [2.75, 3.05) is 0 Å². The van der Waals surface area contributed by atoms with Gasteiger partial charge in [0.05, 0.1) is 0 Å². The molecule has 0 spiro atoms. The zero-order chi connectivity index (χ0) is 4.24. The molecule has 0 fully saturated rings. The van der Waals surface area contributed by atoms with Crippen molar-refractivity contribution in [3.63, 3.8) is 0 Å². The van der Waals surface area contributed by atoms with E-state index in [0.717, 1.165) is 0 Å². The van der Waals surface area contributed by atoms with Crippen LogP contribution >= 0.6 is 0 Å². The molecule has 1 aromatic rings. The maximum atomic E-state index is 2.89. The molecule has 1 rings (SSSR count). The molecule has 0 amide bonds. The smallest absolute Gasteiger partial charge is 0 e. The average Bonchev–Trinajstić information content (AvgIpc) is 1.72. The molecule has 0 unspecified atom stereocenters. The van der Waals surface area contributed by atoms with Crippen LogP contribution in [-0.2, 0) is 63.2 Å². The van der Waals surface area contributed by atoms with Crippen molar-refractivity contribution in [1.82, 2.24) is 0 Å². The van der Waals surface area contributed by atoms with Gasteiger partial charge in [0.2, 0.25) is 0 Å². The van der Waals surface area contributed by atoms with E-state index in [9.17, 15) is 0 Å². The third-order valence-corrected chi connectivity index (χ3v) is 0.607. The van der Waals surface area contributed by atoms with Gasteiger partial charge in [-0.1, -0.05) is 0 Å². The standard InChI is InChI=1S/C6H5.3W/c1-2-4-6-5-3-1;;;/h1-5H;;;/q-1;;;. The molecular formula is C6H5W3-. The molecule has 0 heterocycles. The molecule has 0 radical (unpaired) electrons. The summed E-state index contributed by atoms with van der Waals surface area (Å²) in [7, 11) is 0. The van der Waals surface area contributed by atoms with Gasteiger partial charge in [0.15, 0.2) is 0 Å². The molecule has 0 bridgehead atoms. The second-order valence-electron chi connectivity index (χ2n) is 1.08. The minimum absolute atomic E-state index is 0. The zero-order valence-corrected chi connectivity index (χ0v) is 13.4. The van der Waals surface area contributed by atoms with E-state index in [1.165, 1.54) is 0 Å². The molecule has 3 heteroatoms. The van der Waals surface area contributed by atoms with Crippen LogP contribution in [0.3, 0.4) is 0 Å². The van der Waals surface area contributed by atoms with Gasteiger partial charge in [-0.25, -0.2) is 0 Å². The maximum Gasteiger partial charge on any atom is 0 e. The van der Waals surface area contributed by atoms with E-state index in [-0.39, 0.29) is 63.2 Å². The molecule has 0 aliphatic heterocycles. The molecule has 0 nitrogen and oxygen atoms in total.